The van der Waals surface area contributed by atoms with Crippen molar-refractivity contribution < 1.29 is 4.79 Å². The summed E-state index contributed by atoms with van der Waals surface area (Å²) in [5, 5.41) is 5.50. The Balaban J connectivity index is 1.66. The molecule has 5 nitrogen and oxygen atoms in total. The first-order valence-corrected chi connectivity index (χ1v) is 10.6. The molecule has 3 heterocycles. The van der Waals surface area contributed by atoms with E-state index in [-0.39, 0.29) is 24.1 Å². The van der Waals surface area contributed by atoms with E-state index in [4.69, 9.17) is 0 Å². The van der Waals surface area contributed by atoms with Crippen molar-refractivity contribution in [1.82, 2.24) is 14.9 Å². The van der Waals surface area contributed by atoms with Crippen LogP contribution < -0.4 is 10.9 Å². The number of aromatic nitrogens is 2. The topological polar surface area (TPSA) is 64.0 Å². The third-order valence-corrected chi connectivity index (χ3v) is 6.65. The number of benzene rings is 1. The Kier molecular flexibility index (Phi) is 5.11. The van der Waals surface area contributed by atoms with Gasteiger partial charge < -0.3 is 5.32 Å². The van der Waals surface area contributed by atoms with E-state index >= 15 is 0 Å². The van der Waals surface area contributed by atoms with Crippen molar-refractivity contribution in [3.8, 4) is 11.1 Å². The third kappa shape index (κ3) is 3.50. The van der Waals surface area contributed by atoms with E-state index in [1.54, 1.807) is 11.3 Å². The van der Waals surface area contributed by atoms with E-state index in [9.17, 15) is 9.59 Å². The molecule has 0 fully saturated rings. The van der Waals surface area contributed by atoms with Crippen LogP contribution in [-0.2, 0) is 11.3 Å². The van der Waals surface area contributed by atoms with Crippen molar-refractivity contribution in [3.63, 3.8) is 0 Å². The smallest absolute Gasteiger partial charge is 0.263 e. The van der Waals surface area contributed by atoms with Gasteiger partial charge in [0.15, 0.2) is 0 Å². The summed E-state index contributed by atoms with van der Waals surface area (Å²) in [6.07, 6.45) is 1.46. The second-order valence-corrected chi connectivity index (χ2v) is 8.74. The molecule has 4 aromatic rings. The number of nitrogens with zero attached hydrogens (tertiary/aromatic N) is 2. The summed E-state index contributed by atoms with van der Waals surface area (Å²) in [4.78, 5) is 32.9. The van der Waals surface area contributed by atoms with Crippen molar-refractivity contribution in [2.45, 2.75) is 26.4 Å². The predicted octanol–water partition coefficient (Wildman–Crippen LogP) is 4.37. The molecule has 0 aliphatic rings. The zero-order valence-corrected chi connectivity index (χ0v) is 17.1. The molecule has 0 aliphatic heterocycles. The maximum Gasteiger partial charge on any atom is 0.263 e. The average Bonchev–Trinajstić information content (AvgIpc) is 3.32. The largest absolute Gasteiger partial charge is 0.347 e. The van der Waals surface area contributed by atoms with Crippen LogP contribution in [-0.4, -0.2) is 15.5 Å². The number of carbonyl (C=O) groups is 1. The van der Waals surface area contributed by atoms with Crippen molar-refractivity contribution in [1.29, 1.82) is 0 Å². The standard InChI is InChI=1S/C21H19N3O2S2/c1-13(16-9-6-10-27-16)23-17(25)11-24-12-22-20-19(21(24)26)18(14(2)28-20)15-7-4-3-5-8-15/h3-10,12-13H,11H2,1-2H3,(H,23,25)/t13-/m1/s1. The van der Waals surface area contributed by atoms with Crippen LogP contribution in [0.15, 0.2) is 59.0 Å². The van der Waals surface area contributed by atoms with E-state index in [2.05, 4.69) is 10.3 Å². The molecule has 1 aromatic carbocycles. The summed E-state index contributed by atoms with van der Waals surface area (Å²) in [6, 6.07) is 13.7. The first-order chi connectivity index (χ1) is 13.5. The average molecular weight is 410 g/mol. The second kappa shape index (κ2) is 7.69. The lowest BCUT2D eigenvalue weighted by atomic mass is 10.0. The monoisotopic (exact) mass is 409 g/mol. The van der Waals surface area contributed by atoms with Crippen LogP contribution in [0.2, 0.25) is 0 Å². The van der Waals surface area contributed by atoms with Gasteiger partial charge in [0.25, 0.3) is 5.56 Å². The van der Waals surface area contributed by atoms with E-state index in [0.29, 0.717) is 10.2 Å². The van der Waals surface area contributed by atoms with Gasteiger partial charge in [0.2, 0.25) is 5.91 Å². The zero-order valence-electron chi connectivity index (χ0n) is 15.5. The van der Waals surface area contributed by atoms with Gasteiger partial charge in [-0.3, -0.25) is 14.2 Å². The van der Waals surface area contributed by atoms with Crippen LogP contribution >= 0.6 is 22.7 Å². The molecule has 1 amide bonds. The molecule has 1 atom stereocenters. The third-order valence-electron chi connectivity index (χ3n) is 4.58. The van der Waals surface area contributed by atoms with Crippen LogP contribution in [0.3, 0.4) is 0 Å². The van der Waals surface area contributed by atoms with Crippen LogP contribution in [0, 0.1) is 6.92 Å². The Morgan fingerprint density at radius 2 is 2.00 bits per heavy atom. The lowest BCUT2D eigenvalue weighted by Crippen LogP contribution is -2.33. The van der Waals surface area contributed by atoms with Gasteiger partial charge in [-0.05, 0) is 30.9 Å². The van der Waals surface area contributed by atoms with Crippen LogP contribution in [0.25, 0.3) is 21.3 Å². The number of fused-ring (bicyclic) bond motifs is 1. The Morgan fingerprint density at radius 3 is 2.71 bits per heavy atom. The molecular formula is C21H19N3O2S2. The summed E-state index contributed by atoms with van der Waals surface area (Å²) in [5.74, 6) is -0.211. The Labute approximate surface area is 170 Å². The van der Waals surface area contributed by atoms with Crippen LogP contribution in [0.1, 0.15) is 22.7 Å². The van der Waals surface area contributed by atoms with Gasteiger partial charge in [0.05, 0.1) is 17.8 Å². The normalized spacial score (nSPS) is 12.2. The number of nitrogens with one attached hydrogen (secondary N) is 1. The van der Waals surface area contributed by atoms with E-state index < -0.39 is 0 Å². The van der Waals surface area contributed by atoms with Crippen LogP contribution in [0.5, 0.6) is 0 Å². The second-order valence-electron chi connectivity index (χ2n) is 6.56. The lowest BCUT2D eigenvalue weighted by Gasteiger charge is -2.13. The van der Waals surface area contributed by atoms with Crippen molar-refractivity contribution in [3.05, 3.63) is 74.3 Å². The molecule has 0 aliphatic carbocycles. The number of hydrogen-bond donors (Lipinski definition) is 1. The highest BCUT2D eigenvalue weighted by Crippen LogP contribution is 2.35. The highest BCUT2D eigenvalue weighted by molar-refractivity contribution is 7.19. The molecule has 0 bridgehead atoms. The summed E-state index contributed by atoms with van der Waals surface area (Å²) in [5.41, 5.74) is 1.70. The number of amides is 1. The van der Waals surface area contributed by atoms with Gasteiger partial charge in [-0.2, -0.15) is 0 Å². The number of carbonyl (C=O) groups excluding carboxylic acids is 1. The molecule has 7 heteroatoms. The SMILES string of the molecule is Cc1sc2ncn(CC(=O)N[C@H](C)c3cccs3)c(=O)c2c1-c1ccccc1. The summed E-state index contributed by atoms with van der Waals surface area (Å²) in [7, 11) is 0. The van der Waals surface area contributed by atoms with Gasteiger partial charge in [-0.15, -0.1) is 22.7 Å². The fraction of sp³-hybridized carbons (Fsp3) is 0.190. The first-order valence-electron chi connectivity index (χ1n) is 8.91. The minimum atomic E-state index is -0.211. The molecule has 3 aromatic heterocycles. The molecule has 0 radical (unpaired) electrons. The summed E-state index contributed by atoms with van der Waals surface area (Å²) in [6.45, 7) is 3.87. The fourth-order valence-corrected chi connectivity index (χ4v) is 4.99. The van der Waals surface area contributed by atoms with Gasteiger partial charge in [-0.25, -0.2) is 4.98 Å². The van der Waals surface area contributed by atoms with E-state index in [1.165, 1.54) is 22.2 Å². The first kappa shape index (κ1) is 18.6. The molecule has 0 saturated heterocycles. The summed E-state index contributed by atoms with van der Waals surface area (Å²) >= 11 is 3.09. The van der Waals surface area contributed by atoms with Gasteiger partial charge in [-0.1, -0.05) is 36.4 Å². The molecule has 142 valence electrons. The van der Waals surface area contributed by atoms with Crippen molar-refractivity contribution in [2.75, 3.05) is 0 Å². The Morgan fingerprint density at radius 1 is 1.21 bits per heavy atom. The molecular weight excluding hydrogens is 390 g/mol. The lowest BCUT2D eigenvalue weighted by molar-refractivity contribution is -0.122. The molecule has 28 heavy (non-hydrogen) atoms. The van der Waals surface area contributed by atoms with Crippen molar-refractivity contribution >= 4 is 38.8 Å². The van der Waals surface area contributed by atoms with Crippen LogP contribution in [0.4, 0.5) is 0 Å². The maximum atomic E-state index is 13.1. The minimum Gasteiger partial charge on any atom is -0.347 e. The summed E-state index contributed by atoms with van der Waals surface area (Å²) < 4.78 is 1.39. The minimum absolute atomic E-state index is 0.0549. The molecule has 1 N–H and O–H groups in total. The quantitative estimate of drug-likeness (QED) is 0.532. The predicted molar refractivity (Wildman–Crippen MR) is 115 cm³/mol. The molecule has 0 unspecified atom stereocenters. The van der Waals surface area contributed by atoms with Gasteiger partial charge in [0.1, 0.15) is 11.4 Å². The maximum absolute atomic E-state index is 13.1. The van der Waals surface area contributed by atoms with Gasteiger partial charge >= 0.3 is 0 Å². The molecule has 0 saturated carbocycles. The fourth-order valence-electron chi connectivity index (χ4n) is 3.25. The van der Waals surface area contributed by atoms with E-state index in [1.807, 2.05) is 61.7 Å². The number of thiophene rings is 2. The number of rotatable bonds is 5. The van der Waals surface area contributed by atoms with Crippen molar-refractivity contribution in [2.24, 2.45) is 0 Å². The van der Waals surface area contributed by atoms with E-state index in [0.717, 1.165) is 20.9 Å². The number of hydrogen-bond acceptors (Lipinski definition) is 5. The highest BCUT2D eigenvalue weighted by Gasteiger charge is 2.18. The molecule has 4 rings (SSSR count). The van der Waals surface area contributed by atoms with Gasteiger partial charge in [0, 0.05) is 15.3 Å². The Hall–Kier alpha value is -2.77. The molecule has 0 spiro atoms. The number of aryl methyl sites for hydroxylation is 1. The Bertz CT molecular complexity index is 1180. The highest BCUT2D eigenvalue weighted by atomic mass is 32.1. The zero-order chi connectivity index (χ0) is 19.7.